The van der Waals surface area contributed by atoms with Gasteiger partial charge in [-0.25, -0.2) is 0 Å². The lowest BCUT2D eigenvalue weighted by molar-refractivity contribution is -0.359. The summed E-state index contributed by atoms with van der Waals surface area (Å²) in [6, 6.07) is -0.822. The first kappa shape index (κ1) is 70.1. The molecular formula is C61H119NO13. The Labute approximate surface area is 457 Å². The van der Waals surface area contributed by atoms with Crippen molar-refractivity contribution < 1.29 is 64.6 Å². The number of ether oxygens (including phenoxy) is 4. The fourth-order valence-corrected chi connectivity index (χ4v) is 10.9. The predicted molar refractivity (Wildman–Crippen MR) is 300 cm³/mol. The second-order valence-electron chi connectivity index (χ2n) is 22.9. The summed E-state index contributed by atoms with van der Waals surface area (Å²) in [6.07, 6.45) is 37.2. The van der Waals surface area contributed by atoms with E-state index in [1.807, 2.05) is 0 Å². The molecule has 0 aliphatic carbocycles. The van der Waals surface area contributed by atoms with E-state index in [1.165, 1.54) is 212 Å². The van der Waals surface area contributed by atoms with Crippen LogP contribution in [0, 0.1) is 0 Å². The van der Waals surface area contributed by atoms with Crippen LogP contribution < -0.4 is 5.32 Å². The average molecular weight is 1070 g/mol. The second kappa shape index (κ2) is 47.8. The molecule has 75 heavy (non-hydrogen) atoms. The van der Waals surface area contributed by atoms with Gasteiger partial charge in [-0.05, 0) is 12.8 Å². The Hall–Kier alpha value is -1.01. The third-order valence-electron chi connectivity index (χ3n) is 16.1. The minimum Gasteiger partial charge on any atom is -0.394 e. The van der Waals surface area contributed by atoms with Gasteiger partial charge in [0.15, 0.2) is 12.6 Å². The quantitative estimate of drug-likeness (QED) is 0.0259. The van der Waals surface area contributed by atoms with E-state index in [0.717, 1.165) is 51.4 Å². The highest BCUT2D eigenvalue weighted by Gasteiger charge is 2.51. The molecule has 1 amide bonds. The topological polar surface area (TPSA) is 228 Å². The van der Waals surface area contributed by atoms with E-state index >= 15 is 0 Å². The monoisotopic (exact) mass is 1070 g/mol. The van der Waals surface area contributed by atoms with Crippen molar-refractivity contribution in [3.8, 4) is 0 Å². The number of hydrogen-bond donors (Lipinski definition) is 9. The van der Waals surface area contributed by atoms with Crippen LogP contribution in [-0.4, -0.2) is 140 Å². The molecule has 2 fully saturated rings. The summed E-state index contributed by atoms with van der Waals surface area (Å²) < 4.78 is 22.8. The van der Waals surface area contributed by atoms with E-state index in [1.54, 1.807) is 0 Å². The van der Waals surface area contributed by atoms with Crippen molar-refractivity contribution in [3.05, 3.63) is 0 Å². The number of aliphatic hydroxyl groups excluding tert-OH is 8. The van der Waals surface area contributed by atoms with Crippen molar-refractivity contribution in [2.24, 2.45) is 0 Å². The number of aliphatic hydroxyl groups is 8. The number of unbranched alkanes of at least 4 members (excludes halogenated alkanes) is 39. The highest BCUT2D eigenvalue weighted by molar-refractivity contribution is 5.76. The van der Waals surface area contributed by atoms with Crippen LogP contribution >= 0.6 is 0 Å². The summed E-state index contributed by atoms with van der Waals surface area (Å²) in [6.45, 7) is 2.87. The first-order valence-electron chi connectivity index (χ1n) is 31.8. The fourth-order valence-electron chi connectivity index (χ4n) is 10.9. The Morgan fingerprint density at radius 1 is 0.427 bits per heavy atom. The fraction of sp³-hybridized carbons (Fsp3) is 0.984. The van der Waals surface area contributed by atoms with Crippen molar-refractivity contribution in [1.82, 2.24) is 5.32 Å². The van der Waals surface area contributed by atoms with Gasteiger partial charge in [-0.2, -0.15) is 0 Å². The van der Waals surface area contributed by atoms with E-state index < -0.39 is 86.8 Å². The maximum Gasteiger partial charge on any atom is 0.220 e. The van der Waals surface area contributed by atoms with Gasteiger partial charge in [0.05, 0.1) is 32.0 Å². The number of carbonyl (C=O) groups is 1. The lowest BCUT2D eigenvalue weighted by Crippen LogP contribution is -2.65. The van der Waals surface area contributed by atoms with Crippen molar-refractivity contribution in [3.63, 3.8) is 0 Å². The van der Waals surface area contributed by atoms with Crippen LogP contribution in [0.15, 0.2) is 0 Å². The molecule has 0 spiro atoms. The zero-order valence-corrected chi connectivity index (χ0v) is 48.1. The molecule has 14 nitrogen and oxygen atoms in total. The molecule has 12 unspecified atom stereocenters. The Morgan fingerprint density at radius 3 is 1.13 bits per heavy atom. The van der Waals surface area contributed by atoms with Gasteiger partial charge in [0.25, 0.3) is 0 Å². The zero-order valence-electron chi connectivity index (χ0n) is 48.1. The standard InChI is InChI=1S/C61H119NO13/c1-3-5-7-9-11-13-15-16-17-18-19-20-21-22-23-24-25-26-27-28-29-30-31-32-33-34-35-36-38-40-42-44-50(65)49(62-53(66)45-43-41-39-37-14-12-10-8-6-4-2)48-72-60-58(71)56(69)59(52(47-64)74-60)75-61-57(70)55(68)54(67)51(46-63)73-61/h49-52,54-61,63-65,67-71H,3-48H2,1-2H3,(H,62,66). The Balaban J connectivity index is 1.61. The summed E-state index contributed by atoms with van der Waals surface area (Å²) in [5, 5.41) is 87.2. The molecule has 2 rings (SSSR count). The minimum absolute atomic E-state index is 0.204. The predicted octanol–water partition coefficient (Wildman–Crippen LogP) is 11.3. The molecule has 0 aromatic rings. The molecule has 0 aromatic carbocycles. The van der Waals surface area contributed by atoms with E-state index in [-0.39, 0.29) is 12.5 Å². The highest BCUT2D eigenvalue weighted by atomic mass is 16.7. The third kappa shape index (κ3) is 33.4. The Kier molecular flexibility index (Phi) is 44.6. The molecule has 0 aromatic heterocycles. The second-order valence-corrected chi connectivity index (χ2v) is 22.9. The average Bonchev–Trinajstić information content (AvgIpc) is 3.41. The molecule has 2 aliphatic rings. The van der Waals surface area contributed by atoms with Gasteiger partial charge in [0.1, 0.15) is 48.8 Å². The lowest BCUT2D eigenvalue weighted by atomic mass is 9.97. The van der Waals surface area contributed by atoms with Gasteiger partial charge in [-0.1, -0.05) is 271 Å². The van der Waals surface area contributed by atoms with Crippen LogP contribution in [0.25, 0.3) is 0 Å². The normalized spacial score (nSPS) is 24.9. The van der Waals surface area contributed by atoms with E-state index in [9.17, 15) is 45.6 Å². The molecule has 14 heteroatoms. The Morgan fingerprint density at radius 2 is 0.760 bits per heavy atom. The van der Waals surface area contributed by atoms with Crippen molar-refractivity contribution >= 4 is 5.91 Å². The SMILES string of the molecule is CCCCCCCCCCCCCCCCCCCCCCCCCCCCCCCCCC(O)C(COC1OC(CO)C(OC2OC(CO)C(O)C(O)C2O)C(O)C1O)NC(=O)CCCCCCCCCCCC. The number of hydrogen-bond acceptors (Lipinski definition) is 13. The number of nitrogens with one attached hydrogen (secondary N) is 1. The van der Waals surface area contributed by atoms with Gasteiger partial charge in [-0.15, -0.1) is 0 Å². The van der Waals surface area contributed by atoms with Gasteiger partial charge in [-0.3, -0.25) is 4.79 Å². The maximum absolute atomic E-state index is 13.2. The van der Waals surface area contributed by atoms with Gasteiger partial charge < -0.3 is 65.1 Å². The Bertz CT molecular complexity index is 1270. The largest absolute Gasteiger partial charge is 0.394 e. The molecular weight excluding hydrogens is 955 g/mol. The van der Waals surface area contributed by atoms with Crippen LogP contribution in [-0.2, 0) is 23.7 Å². The maximum atomic E-state index is 13.2. The van der Waals surface area contributed by atoms with Crippen molar-refractivity contribution in [1.29, 1.82) is 0 Å². The minimum atomic E-state index is -1.78. The molecule has 12 atom stereocenters. The van der Waals surface area contributed by atoms with Gasteiger partial charge in [0.2, 0.25) is 5.91 Å². The summed E-state index contributed by atoms with van der Waals surface area (Å²) in [7, 11) is 0. The summed E-state index contributed by atoms with van der Waals surface area (Å²) in [5.41, 5.74) is 0. The van der Waals surface area contributed by atoms with Gasteiger partial charge >= 0.3 is 0 Å². The zero-order chi connectivity index (χ0) is 54.6. The van der Waals surface area contributed by atoms with Crippen LogP contribution in [0.5, 0.6) is 0 Å². The van der Waals surface area contributed by atoms with Crippen LogP contribution in [0.1, 0.15) is 290 Å². The molecule has 0 saturated carbocycles. The summed E-state index contributed by atoms with van der Waals surface area (Å²) in [5.74, 6) is -0.204. The van der Waals surface area contributed by atoms with Crippen LogP contribution in [0.3, 0.4) is 0 Å². The van der Waals surface area contributed by atoms with Crippen molar-refractivity contribution in [2.45, 2.75) is 364 Å². The molecule has 2 saturated heterocycles. The van der Waals surface area contributed by atoms with E-state index in [4.69, 9.17) is 18.9 Å². The van der Waals surface area contributed by atoms with Crippen LogP contribution in [0.4, 0.5) is 0 Å². The van der Waals surface area contributed by atoms with Crippen molar-refractivity contribution in [2.75, 3.05) is 19.8 Å². The summed E-state index contributed by atoms with van der Waals surface area (Å²) >= 11 is 0. The number of rotatable bonds is 52. The molecule has 446 valence electrons. The molecule has 2 heterocycles. The van der Waals surface area contributed by atoms with E-state index in [0.29, 0.717) is 12.8 Å². The molecule has 0 bridgehead atoms. The van der Waals surface area contributed by atoms with Gasteiger partial charge in [0, 0.05) is 6.42 Å². The molecule has 0 radical (unpaired) electrons. The first-order valence-corrected chi connectivity index (χ1v) is 31.8. The third-order valence-corrected chi connectivity index (χ3v) is 16.1. The molecule has 9 N–H and O–H groups in total. The number of amides is 1. The molecule has 2 aliphatic heterocycles. The first-order chi connectivity index (χ1) is 36.6. The smallest absolute Gasteiger partial charge is 0.220 e. The highest BCUT2D eigenvalue weighted by Crippen LogP contribution is 2.30. The lowest BCUT2D eigenvalue weighted by Gasteiger charge is -2.46. The van der Waals surface area contributed by atoms with E-state index in [2.05, 4.69) is 19.2 Å². The number of carbonyl (C=O) groups excluding carboxylic acids is 1. The summed E-state index contributed by atoms with van der Waals surface area (Å²) in [4.78, 5) is 13.2. The van der Waals surface area contributed by atoms with Crippen LogP contribution in [0.2, 0.25) is 0 Å².